The number of rotatable bonds is 9. The zero-order chi connectivity index (χ0) is 31.0. The zero-order valence-electron chi connectivity index (χ0n) is 24.8. The molecule has 1 N–H and O–H groups in total. The van der Waals surface area contributed by atoms with E-state index in [0.717, 1.165) is 39.1 Å². The number of phenols is 1. The first-order valence-corrected chi connectivity index (χ1v) is 15.4. The first-order valence-electron chi connectivity index (χ1n) is 15.0. The Labute approximate surface area is 268 Å². The number of fused-ring (bicyclic) bond motifs is 1. The summed E-state index contributed by atoms with van der Waals surface area (Å²) in [6.45, 7) is 1.66. The van der Waals surface area contributed by atoms with E-state index in [4.69, 9.17) is 25.8 Å². The molecule has 0 saturated heterocycles. The molecule has 6 nitrogen and oxygen atoms in total. The van der Waals surface area contributed by atoms with E-state index in [1.165, 1.54) is 0 Å². The molecule has 0 aromatic heterocycles. The maximum absolute atomic E-state index is 13.4. The normalized spacial score (nSPS) is 14.2. The first kappa shape index (κ1) is 30.1. The van der Waals surface area contributed by atoms with Gasteiger partial charge in [-0.3, -0.25) is 0 Å². The van der Waals surface area contributed by atoms with Gasteiger partial charge in [-0.15, -0.1) is 0 Å². The highest BCUT2D eigenvalue weighted by atomic mass is 35.5. The summed E-state index contributed by atoms with van der Waals surface area (Å²) < 4.78 is 17.8. The highest BCUT2D eigenvalue weighted by Gasteiger charge is 2.31. The lowest BCUT2D eigenvalue weighted by Crippen LogP contribution is -2.35. The first-order chi connectivity index (χ1) is 22.0. The Hall–Kier alpha value is -4.94. The van der Waals surface area contributed by atoms with E-state index < -0.39 is 6.09 Å². The van der Waals surface area contributed by atoms with Gasteiger partial charge in [-0.1, -0.05) is 115 Å². The number of carbonyl (C=O) groups is 1. The van der Waals surface area contributed by atoms with Gasteiger partial charge in [0.25, 0.3) is 0 Å². The van der Waals surface area contributed by atoms with Crippen molar-refractivity contribution in [3.05, 3.63) is 160 Å². The molecule has 0 aliphatic carbocycles. The fourth-order valence-corrected chi connectivity index (χ4v) is 5.92. The molecule has 0 fully saturated rings. The number of carbonyl (C=O) groups excluding carboxylic acids is 1. The third-order valence-corrected chi connectivity index (χ3v) is 8.37. The number of ether oxygens (including phenoxy) is 3. The van der Waals surface area contributed by atoms with Gasteiger partial charge in [0.1, 0.15) is 25.6 Å². The molecule has 0 bridgehead atoms. The van der Waals surface area contributed by atoms with Crippen molar-refractivity contribution in [2.24, 2.45) is 0 Å². The SMILES string of the molecule is O=C(OCc1ccccc1)N1CCc2c(cc(O)c(OCc3ccccc3)c2Cl)C(c2ccc(OCc3ccccc3)cc2)C1. The van der Waals surface area contributed by atoms with Crippen LogP contribution in [0.2, 0.25) is 5.02 Å². The second-order valence-corrected chi connectivity index (χ2v) is 11.4. The molecule has 0 radical (unpaired) electrons. The Bertz CT molecular complexity index is 1710. The van der Waals surface area contributed by atoms with Gasteiger partial charge in [0.2, 0.25) is 0 Å². The number of hydrogen-bond acceptors (Lipinski definition) is 5. The smallest absolute Gasteiger partial charge is 0.410 e. The van der Waals surface area contributed by atoms with Gasteiger partial charge in [-0.2, -0.15) is 0 Å². The summed E-state index contributed by atoms with van der Waals surface area (Å²) in [5.74, 6) is 0.660. The number of hydrogen-bond donors (Lipinski definition) is 1. The summed E-state index contributed by atoms with van der Waals surface area (Å²) in [5.41, 5.74) is 5.60. The highest BCUT2D eigenvalue weighted by molar-refractivity contribution is 6.33. The van der Waals surface area contributed by atoms with E-state index in [0.29, 0.717) is 31.1 Å². The van der Waals surface area contributed by atoms with Gasteiger partial charge >= 0.3 is 6.09 Å². The summed E-state index contributed by atoms with van der Waals surface area (Å²) in [6, 6.07) is 38.9. The van der Waals surface area contributed by atoms with Gasteiger partial charge in [0, 0.05) is 19.0 Å². The minimum atomic E-state index is -0.402. The molecular formula is C38H34ClNO5. The summed E-state index contributed by atoms with van der Waals surface area (Å²) in [5, 5.41) is 11.5. The zero-order valence-corrected chi connectivity index (χ0v) is 25.5. The van der Waals surface area contributed by atoms with Crippen LogP contribution in [0.25, 0.3) is 0 Å². The van der Waals surface area contributed by atoms with E-state index >= 15 is 0 Å². The van der Waals surface area contributed by atoms with E-state index in [-0.39, 0.29) is 30.6 Å². The Morgan fingerprint density at radius 2 is 1.31 bits per heavy atom. The van der Waals surface area contributed by atoms with Gasteiger partial charge in [-0.05, 0) is 58.0 Å². The number of phenolic OH excluding ortho intramolecular Hbond substituents is 1. The van der Waals surface area contributed by atoms with E-state index in [1.54, 1.807) is 11.0 Å². The standard InChI is InChI=1S/C38H34ClNO5/c39-36-32-20-21-40(38(42)45-26-29-14-8-3-9-15-29)23-34(30-16-18-31(19-17-30)43-24-27-10-4-1-5-11-27)33(32)22-35(41)37(36)44-25-28-12-6-2-7-13-28/h1-19,22,34,41H,20-21,23-26H2. The molecule has 1 aliphatic heterocycles. The number of amides is 1. The van der Waals surface area contributed by atoms with Gasteiger partial charge < -0.3 is 24.2 Å². The molecule has 1 atom stereocenters. The van der Waals surface area contributed by atoms with Crippen molar-refractivity contribution in [3.63, 3.8) is 0 Å². The van der Waals surface area contributed by atoms with Crippen LogP contribution in [0.1, 0.15) is 39.3 Å². The largest absolute Gasteiger partial charge is 0.504 e. The number of benzene rings is 5. The molecule has 6 rings (SSSR count). The molecule has 0 spiro atoms. The van der Waals surface area contributed by atoms with Crippen LogP contribution in [0.15, 0.2) is 121 Å². The second kappa shape index (κ2) is 14.2. The average Bonchev–Trinajstić information content (AvgIpc) is 3.28. The lowest BCUT2D eigenvalue weighted by Gasteiger charge is -2.25. The Morgan fingerprint density at radius 1 is 0.756 bits per heavy atom. The van der Waals surface area contributed by atoms with Crippen LogP contribution in [0, 0.1) is 0 Å². The molecular weight excluding hydrogens is 586 g/mol. The van der Waals surface area contributed by atoms with E-state index in [2.05, 4.69) is 0 Å². The van der Waals surface area contributed by atoms with Crippen LogP contribution in [0.4, 0.5) is 4.79 Å². The van der Waals surface area contributed by atoms with Gasteiger partial charge in [-0.25, -0.2) is 4.79 Å². The van der Waals surface area contributed by atoms with Crippen LogP contribution in [-0.4, -0.2) is 29.2 Å². The maximum Gasteiger partial charge on any atom is 0.410 e. The summed E-state index contributed by atoms with van der Waals surface area (Å²) in [4.78, 5) is 15.1. The fourth-order valence-electron chi connectivity index (χ4n) is 5.56. The van der Waals surface area contributed by atoms with Crippen molar-refractivity contribution in [1.82, 2.24) is 4.90 Å². The van der Waals surface area contributed by atoms with Crippen molar-refractivity contribution in [1.29, 1.82) is 0 Å². The lowest BCUT2D eigenvalue weighted by atomic mass is 9.87. The predicted octanol–water partition coefficient (Wildman–Crippen LogP) is 8.53. The average molecular weight is 620 g/mol. The van der Waals surface area contributed by atoms with Crippen LogP contribution in [0.5, 0.6) is 17.2 Å². The summed E-state index contributed by atoms with van der Waals surface area (Å²) in [6.07, 6.45) is 0.0751. The molecule has 0 saturated carbocycles. The number of aromatic hydroxyl groups is 1. The monoisotopic (exact) mass is 619 g/mol. The van der Waals surface area contributed by atoms with Gasteiger partial charge in [0.05, 0.1) is 5.02 Å². The Balaban J connectivity index is 1.27. The minimum Gasteiger partial charge on any atom is -0.504 e. The predicted molar refractivity (Wildman–Crippen MR) is 175 cm³/mol. The van der Waals surface area contributed by atoms with Crippen molar-refractivity contribution in [3.8, 4) is 17.2 Å². The lowest BCUT2D eigenvalue weighted by molar-refractivity contribution is 0.0964. The summed E-state index contributed by atoms with van der Waals surface area (Å²) in [7, 11) is 0. The van der Waals surface area contributed by atoms with Crippen molar-refractivity contribution in [2.45, 2.75) is 32.2 Å². The minimum absolute atomic E-state index is 0.0393. The molecule has 5 aromatic rings. The van der Waals surface area contributed by atoms with E-state index in [1.807, 2.05) is 115 Å². The quantitative estimate of drug-likeness (QED) is 0.179. The number of nitrogens with zero attached hydrogens (tertiary/aromatic N) is 1. The molecule has 45 heavy (non-hydrogen) atoms. The molecule has 1 unspecified atom stereocenters. The maximum atomic E-state index is 13.4. The highest BCUT2D eigenvalue weighted by Crippen LogP contribution is 2.45. The molecule has 7 heteroatoms. The van der Waals surface area contributed by atoms with Crippen molar-refractivity contribution in [2.75, 3.05) is 13.1 Å². The topological polar surface area (TPSA) is 68.2 Å². The third kappa shape index (κ3) is 7.41. The van der Waals surface area contributed by atoms with Crippen molar-refractivity contribution >= 4 is 17.7 Å². The van der Waals surface area contributed by atoms with Crippen LogP contribution in [0.3, 0.4) is 0 Å². The summed E-state index contributed by atoms with van der Waals surface area (Å²) >= 11 is 6.98. The number of halogens is 1. The van der Waals surface area contributed by atoms with E-state index in [9.17, 15) is 9.90 Å². The molecule has 1 aliphatic rings. The Morgan fingerprint density at radius 3 is 1.91 bits per heavy atom. The Kier molecular flexibility index (Phi) is 9.52. The second-order valence-electron chi connectivity index (χ2n) is 11.0. The van der Waals surface area contributed by atoms with Crippen LogP contribution >= 0.6 is 11.6 Å². The molecule has 228 valence electrons. The third-order valence-electron chi connectivity index (χ3n) is 7.97. The van der Waals surface area contributed by atoms with Crippen LogP contribution in [-0.2, 0) is 31.0 Å². The molecule has 5 aromatic carbocycles. The molecule has 1 heterocycles. The van der Waals surface area contributed by atoms with Crippen LogP contribution < -0.4 is 9.47 Å². The van der Waals surface area contributed by atoms with Gasteiger partial charge in [0.15, 0.2) is 11.5 Å². The molecule has 1 amide bonds. The van der Waals surface area contributed by atoms with Crippen molar-refractivity contribution < 1.29 is 24.1 Å². The fraction of sp³-hybridized carbons (Fsp3) is 0.184.